The molecule has 0 unspecified atom stereocenters. The number of carbonyl (C=O) groups excluding carboxylic acids is 2. The zero-order chi connectivity index (χ0) is 25.3. The van der Waals surface area contributed by atoms with Gasteiger partial charge in [-0.3, -0.25) is 0 Å². The third-order valence-electron chi connectivity index (χ3n) is 5.51. The molecular weight excluding hydrogens is 460 g/mol. The number of anilines is 1. The van der Waals surface area contributed by atoms with Crippen LogP contribution in [-0.2, 0) is 20.8 Å². The van der Waals surface area contributed by atoms with Crippen molar-refractivity contribution in [1.29, 1.82) is 0 Å². The Balaban J connectivity index is 1.56. The maximum Gasteiger partial charge on any atom is 0.344 e. The van der Waals surface area contributed by atoms with Gasteiger partial charge in [0.15, 0.2) is 12.4 Å². The average Bonchev–Trinajstić information content (AvgIpc) is 3.47. The van der Waals surface area contributed by atoms with Crippen LogP contribution in [0.15, 0.2) is 66.9 Å². The van der Waals surface area contributed by atoms with Crippen LogP contribution in [0, 0.1) is 0 Å². The zero-order valence-electron chi connectivity index (χ0n) is 20.0. The van der Waals surface area contributed by atoms with Crippen molar-refractivity contribution in [1.82, 2.24) is 25.6 Å². The van der Waals surface area contributed by atoms with E-state index in [-0.39, 0.29) is 0 Å². The Kier molecular flexibility index (Phi) is 7.97. The highest BCUT2D eigenvalue weighted by molar-refractivity contribution is 5.95. The minimum atomic E-state index is -0.626. The molecule has 1 N–H and O–H groups in total. The number of H-pyrrole nitrogens is 1. The molecule has 36 heavy (non-hydrogen) atoms. The van der Waals surface area contributed by atoms with Gasteiger partial charge in [0.25, 0.3) is 0 Å². The Morgan fingerprint density at radius 3 is 2.47 bits per heavy atom. The van der Waals surface area contributed by atoms with Gasteiger partial charge in [-0.05, 0) is 45.7 Å². The highest BCUT2D eigenvalue weighted by Gasteiger charge is 2.20. The number of nitrogens with zero attached hydrogens (tertiary/aromatic N) is 5. The van der Waals surface area contributed by atoms with E-state index in [1.165, 1.54) is 7.11 Å². The maximum absolute atomic E-state index is 12.7. The lowest BCUT2D eigenvalue weighted by molar-refractivity contribution is -0.144. The molecule has 184 valence electrons. The molecule has 4 rings (SSSR count). The molecule has 0 aliphatic heterocycles. The molecule has 2 aromatic heterocycles. The third-order valence-corrected chi connectivity index (χ3v) is 5.51. The van der Waals surface area contributed by atoms with E-state index in [0.29, 0.717) is 30.3 Å². The van der Waals surface area contributed by atoms with Gasteiger partial charge in [0.1, 0.15) is 11.4 Å². The van der Waals surface area contributed by atoms with Crippen LogP contribution in [0.4, 0.5) is 5.82 Å². The summed E-state index contributed by atoms with van der Waals surface area (Å²) < 4.78 is 9.66. The van der Waals surface area contributed by atoms with Gasteiger partial charge in [0.05, 0.1) is 7.11 Å². The third kappa shape index (κ3) is 5.72. The van der Waals surface area contributed by atoms with E-state index in [1.807, 2.05) is 53.4 Å². The van der Waals surface area contributed by atoms with Gasteiger partial charge >= 0.3 is 11.9 Å². The number of methoxy groups -OCH3 is 1. The van der Waals surface area contributed by atoms with Crippen LogP contribution >= 0.6 is 0 Å². The average molecular weight is 487 g/mol. The van der Waals surface area contributed by atoms with Crippen LogP contribution in [0.1, 0.15) is 29.3 Å². The van der Waals surface area contributed by atoms with Crippen molar-refractivity contribution < 1.29 is 19.1 Å². The first kappa shape index (κ1) is 24.5. The summed E-state index contributed by atoms with van der Waals surface area (Å²) in [6, 6.07) is 19.4. The van der Waals surface area contributed by atoms with Crippen molar-refractivity contribution in [2.24, 2.45) is 0 Å². The van der Waals surface area contributed by atoms with Crippen molar-refractivity contribution in [3.8, 4) is 22.5 Å². The molecule has 2 aromatic carbocycles. The lowest BCUT2D eigenvalue weighted by atomic mass is 9.98. The van der Waals surface area contributed by atoms with Gasteiger partial charge in [0, 0.05) is 24.8 Å². The summed E-state index contributed by atoms with van der Waals surface area (Å²) in [6.07, 6.45) is 2.48. The molecule has 0 aliphatic carbocycles. The molecule has 2 heterocycles. The van der Waals surface area contributed by atoms with Crippen LogP contribution in [0.25, 0.3) is 22.5 Å². The number of tetrazole rings is 1. The summed E-state index contributed by atoms with van der Waals surface area (Å²) in [5.41, 5.74) is 4.28. The molecule has 0 aliphatic rings. The second-order valence-corrected chi connectivity index (χ2v) is 7.94. The summed E-state index contributed by atoms with van der Waals surface area (Å²) in [4.78, 5) is 30.5. The minimum absolute atomic E-state index is 0.293. The van der Waals surface area contributed by atoms with Gasteiger partial charge in [-0.1, -0.05) is 55.5 Å². The fourth-order valence-corrected chi connectivity index (χ4v) is 3.82. The second-order valence-electron chi connectivity index (χ2n) is 7.94. The molecule has 10 heteroatoms. The number of ether oxygens (including phenoxy) is 2. The van der Waals surface area contributed by atoms with E-state index in [1.54, 1.807) is 18.3 Å². The number of rotatable bonds is 10. The smallest absolute Gasteiger partial charge is 0.344 e. The van der Waals surface area contributed by atoms with Gasteiger partial charge < -0.3 is 14.4 Å². The Hall–Kier alpha value is -4.60. The predicted octanol–water partition coefficient (Wildman–Crippen LogP) is 3.68. The summed E-state index contributed by atoms with van der Waals surface area (Å²) in [5.74, 6) is -0.147. The summed E-state index contributed by atoms with van der Waals surface area (Å²) >= 11 is 0. The lowest BCUT2D eigenvalue weighted by Crippen LogP contribution is -2.27. The molecule has 0 spiro atoms. The number of hydrogen-bond donors (Lipinski definition) is 1. The van der Waals surface area contributed by atoms with E-state index in [4.69, 9.17) is 4.74 Å². The lowest BCUT2D eigenvalue weighted by Gasteiger charge is -2.25. The highest BCUT2D eigenvalue weighted by atomic mass is 16.6. The standard InChI is InChI=1S/C26H26N6O4/c1-3-15-32(25-22(9-6-14-27-25)26(34)36-17-23(33)35-2)16-18-10-12-19(13-11-18)20-7-4-5-8-21(20)24-28-30-31-29-24/h4-14H,3,15-17H2,1-2H3,(H,28,29,30,31). The molecule has 0 saturated heterocycles. The monoisotopic (exact) mass is 486 g/mol. The van der Waals surface area contributed by atoms with Gasteiger partial charge in [-0.2, -0.15) is 0 Å². The van der Waals surface area contributed by atoms with Gasteiger partial charge in [-0.25, -0.2) is 19.7 Å². The molecule has 0 fully saturated rings. The molecule has 0 bridgehead atoms. The molecule has 0 atom stereocenters. The predicted molar refractivity (Wildman–Crippen MR) is 133 cm³/mol. The topological polar surface area (TPSA) is 123 Å². The fraction of sp³-hybridized carbons (Fsp3) is 0.231. The molecule has 4 aromatic rings. The molecule has 0 radical (unpaired) electrons. The number of benzene rings is 2. The van der Waals surface area contributed by atoms with Crippen molar-refractivity contribution >= 4 is 17.8 Å². The molecular formula is C26H26N6O4. The zero-order valence-corrected chi connectivity index (χ0v) is 20.0. The first-order valence-electron chi connectivity index (χ1n) is 11.5. The second kappa shape index (κ2) is 11.7. The van der Waals surface area contributed by atoms with Gasteiger partial charge in [-0.15, -0.1) is 5.10 Å². The fourth-order valence-electron chi connectivity index (χ4n) is 3.82. The van der Waals surface area contributed by atoms with Crippen molar-refractivity contribution in [2.45, 2.75) is 19.9 Å². The number of nitrogens with one attached hydrogen (secondary N) is 1. The number of hydrogen-bond acceptors (Lipinski definition) is 9. The molecule has 0 saturated carbocycles. The number of pyridine rings is 1. The number of esters is 2. The Labute approximate surface area is 208 Å². The van der Waals surface area contributed by atoms with Crippen LogP contribution in [0.5, 0.6) is 0 Å². The number of aromatic nitrogens is 5. The minimum Gasteiger partial charge on any atom is -0.466 e. The van der Waals surface area contributed by atoms with E-state index >= 15 is 0 Å². The Bertz CT molecular complexity index is 1310. The summed E-state index contributed by atoms with van der Waals surface area (Å²) in [6.45, 7) is 2.82. The van der Waals surface area contributed by atoms with E-state index in [9.17, 15) is 9.59 Å². The summed E-state index contributed by atoms with van der Waals surface area (Å²) in [7, 11) is 1.24. The first-order chi connectivity index (χ1) is 17.6. The molecule has 10 nitrogen and oxygen atoms in total. The van der Waals surface area contributed by atoms with Crippen molar-refractivity contribution in [3.63, 3.8) is 0 Å². The summed E-state index contributed by atoms with van der Waals surface area (Å²) in [5, 5.41) is 14.2. The SMILES string of the molecule is CCCN(Cc1ccc(-c2ccccc2-c2nnn[nH]2)cc1)c1ncccc1C(=O)OCC(=O)OC. The van der Waals surface area contributed by atoms with Crippen molar-refractivity contribution in [2.75, 3.05) is 25.2 Å². The van der Waals surface area contributed by atoms with Crippen LogP contribution < -0.4 is 4.90 Å². The van der Waals surface area contributed by atoms with Crippen molar-refractivity contribution in [3.05, 3.63) is 78.0 Å². The molecule has 0 amide bonds. The highest BCUT2D eigenvalue weighted by Crippen LogP contribution is 2.30. The van der Waals surface area contributed by atoms with Crippen LogP contribution in [0.2, 0.25) is 0 Å². The Morgan fingerprint density at radius 2 is 1.78 bits per heavy atom. The number of carbonyl (C=O) groups is 2. The normalized spacial score (nSPS) is 10.6. The van der Waals surface area contributed by atoms with E-state index < -0.39 is 18.5 Å². The largest absolute Gasteiger partial charge is 0.466 e. The van der Waals surface area contributed by atoms with E-state index in [2.05, 4.69) is 37.3 Å². The number of aromatic amines is 1. The van der Waals surface area contributed by atoms with Gasteiger partial charge in [0.2, 0.25) is 0 Å². The first-order valence-corrected chi connectivity index (χ1v) is 11.5. The van der Waals surface area contributed by atoms with E-state index in [0.717, 1.165) is 28.7 Å². The van der Waals surface area contributed by atoms with Crippen LogP contribution in [-0.4, -0.2) is 57.8 Å². The quantitative estimate of drug-likeness (QED) is 0.334. The maximum atomic E-state index is 12.7. The Morgan fingerprint density at radius 1 is 1.00 bits per heavy atom. The van der Waals surface area contributed by atoms with Crippen LogP contribution in [0.3, 0.4) is 0 Å².